The number of halogens is 2. The van der Waals surface area contributed by atoms with Crippen LogP contribution in [0.5, 0.6) is 0 Å². The van der Waals surface area contributed by atoms with Crippen LogP contribution < -0.4 is 14.9 Å². The Bertz CT molecular complexity index is 1240. The molecule has 2 N–H and O–H groups in total. The van der Waals surface area contributed by atoms with Gasteiger partial charge in [-0.1, -0.05) is 90.3 Å². The van der Waals surface area contributed by atoms with Crippen molar-refractivity contribution in [2.75, 3.05) is 16.2 Å². The number of benzene rings is 2. The lowest BCUT2D eigenvalue weighted by Gasteiger charge is -2.34. The third-order valence-electron chi connectivity index (χ3n) is 7.14. The highest BCUT2D eigenvalue weighted by Crippen LogP contribution is 2.37. The topological polar surface area (TPSA) is 40.2 Å². The zero-order valence-corrected chi connectivity index (χ0v) is 27.4. The molecule has 1 aliphatic rings. The van der Waals surface area contributed by atoms with Crippen LogP contribution in [0.1, 0.15) is 109 Å². The summed E-state index contributed by atoms with van der Waals surface area (Å²) in [5.41, 5.74) is 4.97. The van der Waals surface area contributed by atoms with Crippen molar-refractivity contribution in [3.05, 3.63) is 95.3 Å². The second kappa shape index (κ2) is 18.6. The van der Waals surface area contributed by atoms with E-state index in [9.17, 15) is 4.39 Å². The zero-order valence-electron chi connectivity index (χ0n) is 26.6. The van der Waals surface area contributed by atoms with Crippen LogP contribution >= 0.6 is 11.9 Å². The maximum absolute atomic E-state index is 15.2. The summed E-state index contributed by atoms with van der Waals surface area (Å²) in [5, 5.41) is 3.56. The van der Waals surface area contributed by atoms with Crippen LogP contribution in [0.2, 0.25) is 0 Å². The van der Waals surface area contributed by atoms with Crippen molar-refractivity contribution in [3.63, 3.8) is 0 Å². The first kappa shape index (κ1) is 35.3. The second-order valence-corrected chi connectivity index (χ2v) is 11.6. The lowest BCUT2D eigenvalue weighted by molar-refractivity contribution is 0.586. The van der Waals surface area contributed by atoms with Gasteiger partial charge in [0, 0.05) is 17.4 Å². The van der Waals surface area contributed by atoms with Crippen LogP contribution in [0.4, 0.5) is 20.3 Å². The van der Waals surface area contributed by atoms with E-state index >= 15 is 4.39 Å². The monoisotopic (exact) mass is 596 g/mol. The molecule has 2 heterocycles. The molecule has 2 aromatic carbocycles. The largest absolute Gasteiger partial charge is 0.338 e. The number of rotatable bonds is 10. The fraction of sp³-hybridized carbons (Fsp3) is 0.457. The molecule has 2 atom stereocenters. The molecule has 0 saturated carbocycles. The smallest absolute Gasteiger partial charge is 0.214 e. The molecule has 1 fully saturated rings. The molecular weight excluding hydrogens is 546 g/mol. The number of aryl methyl sites for hydroxylation is 1. The Morgan fingerprint density at radius 2 is 1.71 bits per heavy atom. The summed E-state index contributed by atoms with van der Waals surface area (Å²) < 4.78 is 31.4. The molecule has 0 spiro atoms. The molecule has 0 amide bonds. The van der Waals surface area contributed by atoms with Gasteiger partial charge in [-0.2, -0.15) is 4.39 Å². The second-order valence-electron chi connectivity index (χ2n) is 10.7. The van der Waals surface area contributed by atoms with Crippen molar-refractivity contribution in [3.8, 4) is 0 Å². The Morgan fingerprint density at radius 1 is 1.05 bits per heavy atom. The van der Waals surface area contributed by atoms with Crippen molar-refractivity contribution in [2.45, 2.75) is 104 Å². The number of hydrogen-bond donors (Lipinski definition) is 2. The number of pyridine rings is 1. The van der Waals surface area contributed by atoms with Gasteiger partial charge in [-0.05, 0) is 93.1 Å². The minimum absolute atomic E-state index is 0.0231. The fourth-order valence-electron chi connectivity index (χ4n) is 4.45. The van der Waals surface area contributed by atoms with Crippen molar-refractivity contribution in [1.82, 2.24) is 10.3 Å². The van der Waals surface area contributed by atoms with Crippen LogP contribution in [0.3, 0.4) is 0 Å². The summed E-state index contributed by atoms with van der Waals surface area (Å²) in [5.74, 6) is -0.617. The van der Waals surface area contributed by atoms with Crippen LogP contribution in [-0.4, -0.2) is 11.5 Å². The SMILES string of the molecule is C=C(C)N(c1cc(F)c(SNc2cccc(F)n2)cc1C)[C@H](C)c1cccc(C2CCCN2)c1.CCCC.CCCC. The predicted octanol–water partition coefficient (Wildman–Crippen LogP) is 10.9. The standard InChI is InChI=1S/C27H30F2N4S.2C4H10/c1-17(2)33(19(4)20-8-5-9-21(15-20)23-10-7-13-30-23)24-16-22(28)25(14-18(24)3)34-32-27-12-6-11-26(29)31-27;2*1-3-4-2/h5-6,8-9,11-12,14-16,19,23,30H,1,7,10,13H2,2-4H3,(H,31,32);2*3-4H2,1-2H3/t19-,23?;;/m1../s1. The van der Waals surface area contributed by atoms with E-state index in [4.69, 9.17) is 0 Å². The van der Waals surface area contributed by atoms with E-state index in [1.54, 1.807) is 24.3 Å². The number of aromatic nitrogens is 1. The van der Waals surface area contributed by atoms with E-state index in [0.29, 0.717) is 16.8 Å². The van der Waals surface area contributed by atoms with Gasteiger partial charge in [0.2, 0.25) is 5.95 Å². The number of unbranched alkanes of at least 4 members (excludes halogenated alkanes) is 2. The van der Waals surface area contributed by atoms with Gasteiger partial charge in [-0.3, -0.25) is 0 Å². The zero-order chi connectivity index (χ0) is 31.1. The van der Waals surface area contributed by atoms with Gasteiger partial charge in [-0.25, -0.2) is 9.37 Å². The minimum Gasteiger partial charge on any atom is -0.338 e. The lowest BCUT2D eigenvalue weighted by Crippen LogP contribution is -2.25. The Morgan fingerprint density at radius 3 is 2.29 bits per heavy atom. The van der Waals surface area contributed by atoms with Crippen LogP contribution in [0.15, 0.2) is 71.8 Å². The summed E-state index contributed by atoms with van der Waals surface area (Å²) in [4.78, 5) is 6.25. The third-order valence-corrected chi connectivity index (χ3v) is 7.99. The van der Waals surface area contributed by atoms with Crippen molar-refractivity contribution >= 4 is 23.5 Å². The van der Waals surface area contributed by atoms with E-state index in [1.807, 2.05) is 13.8 Å². The Hall–Kier alpha value is -2.90. The van der Waals surface area contributed by atoms with Gasteiger partial charge in [0.15, 0.2) is 0 Å². The first-order valence-electron chi connectivity index (χ1n) is 15.3. The summed E-state index contributed by atoms with van der Waals surface area (Å²) >= 11 is 1.07. The lowest BCUT2D eigenvalue weighted by atomic mass is 9.98. The Labute approximate surface area is 257 Å². The number of nitrogens with zero attached hydrogens (tertiary/aromatic N) is 2. The molecule has 4 rings (SSSR count). The molecule has 230 valence electrons. The van der Waals surface area contributed by atoms with Gasteiger partial charge in [0.05, 0.1) is 10.9 Å². The summed E-state index contributed by atoms with van der Waals surface area (Å²) in [6.45, 7) is 20.0. The maximum Gasteiger partial charge on any atom is 0.214 e. The first-order valence-corrected chi connectivity index (χ1v) is 16.1. The van der Waals surface area contributed by atoms with Gasteiger partial charge in [-0.15, -0.1) is 0 Å². The highest BCUT2D eigenvalue weighted by molar-refractivity contribution is 8.00. The molecule has 1 aromatic heterocycles. The molecule has 3 aromatic rings. The molecule has 0 radical (unpaired) electrons. The van der Waals surface area contributed by atoms with Crippen LogP contribution in [0, 0.1) is 18.7 Å². The van der Waals surface area contributed by atoms with E-state index < -0.39 is 5.95 Å². The van der Waals surface area contributed by atoms with Gasteiger partial charge >= 0.3 is 0 Å². The van der Waals surface area contributed by atoms with Gasteiger partial charge in [0.25, 0.3) is 0 Å². The summed E-state index contributed by atoms with van der Waals surface area (Å²) in [6, 6.07) is 16.8. The summed E-state index contributed by atoms with van der Waals surface area (Å²) in [7, 11) is 0. The molecule has 0 aliphatic carbocycles. The van der Waals surface area contributed by atoms with E-state index in [-0.39, 0.29) is 11.9 Å². The Kier molecular flexibility index (Phi) is 15.6. The maximum atomic E-state index is 15.2. The molecule has 4 nitrogen and oxygen atoms in total. The predicted molar refractivity (Wildman–Crippen MR) is 178 cm³/mol. The normalized spacial score (nSPS) is 14.6. The van der Waals surface area contributed by atoms with E-state index in [2.05, 4.69) is 85.4 Å². The van der Waals surface area contributed by atoms with Crippen LogP contribution in [-0.2, 0) is 0 Å². The molecule has 1 aliphatic heterocycles. The molecule has 42 heavy (non-hydrogen) atoms. The molecular formula is C35H50F2N4S. The minimum atomic E-state index is -0.587. The summed E-state index contributed by atoms with van der Waals surface area (Å²) in [6.07, 6.45) is 7.61. The van der Waals surface area contributed by atoms with Crippen LogP contribution in [0.25, 0.3) is 0 Å². The van der Waals surface area contributed by atoms with E-state index in [1.165, 1.54) is 43.7 Å². The first-order chi connectivity index (χ1) is 20.2. The quantitative estimate of drug-likeness (QED) is 0.180. The fourth-order valence-corrected chi connectivity index (χ4v) is 5.17. The molecule has 1 saturated heterocycles. The Balaban J connectivity index is 0.000000686. The number of nitrogens with one attached hydrogen (secondary N) is 2. The third kappa shape index (κ3) is 10.7. The molecule has 1 unspecified atom stereocenters. The molecule has 7 heteroatoms. The average molecular weight is 597 g/mol. The highest BCUT2D eigenvalue weighted by Gasteiger charge is 2.23. The number of anilines is 2. The van der Waals surface area contributed by atoms with Crippen molar-refractivity contribution < 1.29 is 8.78 Å². The molecule has 0 bridgehead atoms. The van der Waals surface area contributed by atoms with Crippen molar-refractivity contribution in [2.24, 2.45) is 0 Å². The van der Waals surface area contributed by atoms with Gasteiger partial charge in [0.1, 0.15) is 11.6 Å². The van der Waals surface area contributed by atoms with E-state index in [0.717, 1.165) is 47.4 Å². The number of allylic oxidation sites excluding steroid dienone is 1. The van der Waals surface area contributed by atoms with Crippen molar-refractivity contribution in [1.29, 1.82) is 0 Å². The average Bonchev–Trinajstić information content (AvgIpc) is 3.54. The number of hydrogen-bond acceptors (Lipinski definition) is 5. The highest BCUT2D eigenvalue weighted by atomic mass is 32.2. The van der Waals surface area contributed by atoms with Gasteiger partial charge < -0.3 is 14.9 Å².